The molecule has 0 fully saturated rings. The van der Waals surface area contributed by atoms with E-state index < -0.39 is 4.92 Å². The predicted molar refractivity (Wildman–Crippen MR) is 139 cm³/mol. The van der Waals surface area contributed by atoms with Gasteiger partial charge in [0.2, 0.25) is 0 Å². The molecule has 0 saturated heterocycles. The van der Waals surface area contributed by atoms with Gasteiger partial charge in [0.15, 0.2) is 11.0 Å². The maximum Gasteiger partial charge on any atom is 0.269 e. The summed E-state index contributed by atoms with van der Waals surface area (Å²) < 4.78 is 2.87. The van der Waals surface area contributed by atoms with Crippen molar-refractivity contribution < 1.29 is 9.72 Å². The highest BCUT2D eigenvalue weighted by molar-refractivity contribution is 9.10. The summed E-state index contributed by atoms with van der Waals surface area (Å²) in [5.41, 5.74) is 5.49. The average molecular weight is 551 g/mol. The normalized spacial score (nSPS) is 11.3. The summed E-state index contributed by atoms with van der Waals surface area (Å²) in [7, 11) is 0. The predicted octanol–water partition coefficient (Wildman–Crippen LogP) is 5.24. The number of nitrogens with one attached hydrogen (secondary N) is 1. The van der Waals surface area contributed by atoms with Gasteiger partial charge in [-0.3, -0.25) is 19.5 Å². The molecule has 1 N–H and O–H groups in total. The zero-order valence-corrected chi connectivity index (χ0v) is 20.9. The third-order valence-corrected chi connectivity index (χ3v) is 6.38. The molecule has 35 heavy (non-hydrogen) atoms. The molecule has 0 unspecified atom stereocenters. The lowest BCUT2D eigenvalue weighted by atomic mass is 10.1. The number of nitro groups is 1. The first-order valence-corrected chi connectivity index (χ1v) is 12.2. The summed E-state index contributed by atoms with van der Waals surface area (Å²) in [5.74, 6) is 0.422. The number of rotatable bonds is 8. The van der Waals surface area contributed by atoms with Crippen LogP contribution in [0.25, 0.3) is 17.1 Å². The molecule has 1 heterocycles. The van der Waals surface area contributed by atoms with Crippen LogP contribution < -0.4 is 5.43 Å². The minimum absolute atomic E-state index is 0.00739. The second kappa shape index (κ2) is 11.1. The van der Waals surface area contributed by atoms with Gasteiger partial charge < -0.3 is 0 Å². The van der Waals surface area contributed by atoms with Crippen molar-refractivity contribution in [3.8, 4) is 17.1 Å². The van der Waals surface area contributed by atoms with Gasteiger partial charge in [0, 0.05) is 27.9 Å². The van der Waals surface area contributed by atoms with Crippen LogP contribution in [-0.4, -0.2) is 37.1 Å². The fourth-order valence-electron chi connectivity index (χ4n) is 3.16. The summed E-state index contributed by atoms with van der Waals surface area (Å²) in [6, 6.07) is 23.4. The van der Waals surface area contributed by atoms with Crippen molar-refractivity contribution >= 4 is 45.0 Å². The van der Waals surface area contributed by atoms with E-state index >= 15 is 0 Å². The molecule has 0 bridgehead atoms. The third kappa shape index (κ3) is 6.00. The van der Waals surface area contributed by atoms with E-state index in [4.69, 9.17) is 0 Å². The number of carbonyl (C=O) groups excluding carboxylic acids is 1. The van der Waals surface area contributed by atoms with Crippen LogP contribution in [0.4, 0.5) is 5.69 Å². The molecule has 0 atom stereocenters. The van der Waals surface area contributed by atoms with E-state index in [-0.39, 0.29) is 17.3 Å². The van der Waals surface area contributed by atoms with Gasteiger partial charge in [-0.2, -0.15) is 5.10 Å². The van der Waals surface area contributed by atoms with E-state index in [1.54, 1.807) is 19.1 Å². The Balaban J connectivity index is 1.48. The number of carbonyl (C=O) groups is 1. The molecule has 4 rings (SSSR count). The van der Waals surface area contributed by atoms with Crippen molar-refractivity contribution in [2.24, 2.45) is 5.10 Å². The number of nitrogens with zero attached hydrogens (tertiary/aromatic N) is 5. The molecular weight excluding hydrogens is 532 g/mol. The van der Waals surface area contributed by atoms with Gasteiger partial charge in [-0.25, -0.2) is 5.43 Å². The van der Waals surface area contributed by atoms with Crippen LogP contribution in [-0.2, 0) is 4.79 Å². The van der Waals surface area contributed by atoms with Gasteiger partial charge in [-0.15, -0.1) is 10.2 Å². The molecule has 0 aliphatic rings. The van der Waals surface area contributed by atoms with Gasteiger partial charge in [-0.1, -0.05) is 58.0 Å². The zero-order valence-electron chi connectivity index (χ0n) is 18.5. The van der Waals surface area contributed by atoms with Gasteiger partial charge in [-0.05, 0) is 48.9 Å². The summed E-state index contributed by atoms with van der Waals surface area (Å²) in [4.78, 5) is 22.8. The lowest BCUT2D eigenvalue weighted by Gasteiger charge is -2.10. The molecule has 0 spiro atoms. The van der Waals surface area contributed by atoms with Crippen molar-refractivity contribution in [1.82, 2.24) is 20.2 Å². The fourth-order valence-corrected chi connectivity index (χ4v) is 4.17. The van der Waals surface area contributed by atoms with Crippen LogP contribution in [0.2, 0.25) is 0 Å². The number of halogens is 1. The van der Waals surface area contributed by atoms with Crippen LogP contribution in [0.1, 0.15) is 12.5 Å². The maximum atomic E-state index is 12.5. The Morgan fingerprint density at radius 2 is 1.74 bits per heavy atom. The largest absolute Gasteiger partial charge is 0.272 e. The Morgan fingerprint density at radius 1 is 1.06 bits per heavy atom. The fraction of sp³-hybridized carbons (Fsp3) is 0.0833. The smallest absolute Gasteiger partial charge is 0.269 e. The number of non-ortho nitro benzene ring substituents is 1. The van der Waals surface area contributed by atoms with E-state index in [0.29, 0.717) is 22.3 Å². The lowest BCUT2D eigenvalue weighted by Crippen LogP contribution is -2.21. The van der Waals surface area contributed by atoms with Crippen molar-refractivity contribution in [2.75, 3.05) is 5.75 Å². The first-order valence-electron chi connectivity index (χ1n) is 10.4. The van der Waals surface area contributed by atoms with Crippen LogP contribution in [0.3, 0.4) is 0 Å². The summed E-state index contributed by atoms with van der Waals surface area (Å²) >= 11 is 4.69. The molecule has 0 radical (unpaired) electrons. The highest BCUT2D eigenvalue weighted by Crippen LogP contribution is 2.28. The summed E-state index contributed by atoms with van der Waals surface area (Å²) in [6.45, 7) is 1.71. The number of aromatic nitrogens is 3. The number of hydrazone groups is 1. The zero-order chi connectivity index (χ0) is 24.8. The van der Waals surface area contributed by atoms with Crippen molar-refractivity contribution in [2.45, 2.75) is 12.1 Å². The SMILES string of the molecule is C/C(=N/NC(=O)CSc1nnc(-c2ccc(Br)cc2)n1-c1ccccc1)c1ccc([N+](=O)[O-])cc1. The molecule has 11 heteroatoms. The Morgan fingerprint density at radius 3 is 2.40 bits per heavy atom. The molecule has 9 nitrogen and oxygen atoms in total. The quantitative estimate of drug-likeness (QED) is 0.139. The molecule has 1 amide bonds. The maximum absolute atomic E-state index is 12.5. The molecule has 1 aromatic heterocycles. The number of hydrogen-bond donors (Lipinski definition) is 1. The minimum atomic E-state index is -0.467. The molecule has 0 aliphatic carbocycles. The first kappa shape index (κ1) is 24.3. The van der Waals surface area contributed by atoms with E-state index in [1.165, 1.54) is 23.9 Å². The Labute approximate surface area is 213 Å². The van der Waals surface area contributed by atoms with Crippen LogP contribution in [0.15, 0.2) is 93.6 Å². The highest BCUT2D eigenvalue weighted by Gasteiger charge is 2.17. The topological polar surface area (TPSA) is 115 Å². The number of thioether (sulfide) groups is 1. The summed E-state index contributed by atoms with van der Waals surface area (Å²) in [5, 5.41) is 24.2. The second-order valence-corrected chi connectivity index (χ2v) is 9.17. The molecule has 176 valence electrons. The average Bonchev–Trinajstić information content (AvgIpc) is 3.31. The highest BCUT2D eigenvalue weighted by atomic mass is 79.9. The third-order valence-electron chi connectivity index (χ3n) is 4.93. The van der Waals surface area contributed by atoms with E-state index in [0.717, 1.165) is 15.7 Å². The lowest BCUT2D eigenvalue weighted by molar-refractivity contribution is -0.384. The number of hydrogen-bond acceptors (Lipinski definition) is 7. The van der Waals surface area contributed by atoms with E-state index in [2.05, 4.69) is 36.7 Å². The van der Waals surface area contributed by atoms with Crippen molar-refractivity contribution in [3.63, 3.8) is 0 Å². The Kier molecular flexibility index (Phi) is 7.68. The summed E-state index contributed by atoms with van der Waals surface area (Å²) in [6.07, 6.45) is 0. The van der Waals surface area contributed by atoms with Crippen LogP contribution >= 0.6 is 27.7 Å². The minimum Gasteiger partial charge on any atom is -0.272 e. The second-order valence-electron chi connectivity index (χ2n) is 7.31. The van der Waals surface area contributed by atoms with Crippen LogP contribution in [0, 0.1) is 10.1 Å². The molecule has 0 saturated carbocycles. The van der Waals surface area contributed by atoms with E-state index in [1.807, 2.05) is 59.2 Å². The van der Waals surface area contributed by atoms with Gasteiger partial charge in [0.05, 0.1) is 16.4 Å². The Bertz CT molecular complexity index is 1370. The molecular formula is C24H19BrN6O3S. The van der Waals surface area contributed by atoms with Gasteiger partial charge in [0.25, 0.3) is 11.6 Å². The standard InChI is InChI=1S/C24H19BrN6O3S/c1-16(17-9-13-21(14-10-17)31(33)34)26-27-22(32)15-35-24-29-28-23(18-7-11-19(25)12-8-18)30(24)20-5-3-2-4-6-20/h2-14H,15H2,1H3,(H,27,32)/b26-16-. The monoisotopic (exact) mass is 550 g/mol. The van der Waals surface area contributed by atoms with Crippen LogP contribution in [0.5, 0.6) is 0 Å². The molecule has 0 aliphatic heterocycles. The number of benzene rings is 3. The van der Waals surface area contributed by atoms with Gasteiger partial charge >= 0.3 is 0 Å². The number of nitro benzene ring substituents is 1. The molecule has 3 aromatic carbocycles. The first-order chi connectivity index (χ1) is 16.9. The molecule has 4 aromatic rings. The van der Waals surface area contributed by atoms with Crippen molar-refractivity contribution in [3.05, 3.63) is 99.0 Å². The van der Waals surface area contributed by atoms with Gasteiger partial charge in [0.1, 0.15) is 0 Å². The number of para-hydroxylation sites is 1. The Hall–Kier alpha value is -3.83. The number of amides is 1. The van der Waals surface area contributed by atoms with E-state index in [9.17, 15) is 14.9 Å². The van der Waals surface area contributed by atoms with Crippen molar-refractivity contribution in [1.29, 1.82) is 0 Å².